The highest BCUT2D eigenvalue weighted by Crippen LogP contribution is 2.52. The monoisotopic (exact) mass is 602 g/mol. The number of esters is 4. The first-order valence-corrected chi connectivity index (χ1v) is 13.8. The van der Waals surface area contributed by atoms with Crippen LogP contribution in [0.25, 0.3) is 0 Å². The molecule has 43 heavy (non-hydrogen) atoms. The number of benzene rings is 2. The number of hydrogen-bond acceptors (Lipinski definition) is 12. The van der Waals surface area contributed by atoms with Crippen molar-refractivity contribution in [3.8, 4) is 23.0 Å². The molecule has 1 aliphatic heterocycles. The van der Waals surface area contributed by atoms with Gasteiger partial charge in [0.1, 0.15) is 25.9 Å². The maximum Gasteiger partial charge on any atom is 0.302 e. The van der Waals surface area contributed by atoms with Crippen molar-refractivity contribution in [3.05, 3.63) is 47.0 Å². The van der Waals surface area contributed by atoms with E-state index in [1.54, 1.807) is 25.3 Å². The van der Waals surface area contributed by atoms with E-state index in [4.69, 9.17) is 37.9 Å². The third-order valence-electron chi connectivity index (χ3n) is 6.51. The number of ether oxygens (including phenoxy) is 8. The molecule has 0 saturated heterocycles. The Morgan fingerprint density at radius 3 is 1.98 bits per heavy atom. The third-order valence-corrected chi connectivity index (χ3v) is 6.51. The molecule has 12 heteroatoms. The van der Waals surface area contributed by atoms with Gasteiger partial charge < -0.3 is 37.9 Å². The van der Waals surface area contributed by atoms with E-state index in [9.17, 15) is 19.2 Å². The minimum atomic E-state index is -0.778. The zero-order chi connectivity index (χ0) is 31.5. The summed E-state index contributed by atoms with van der Waals surface area (Å²) in [7, 11) is 3.03. The second kappa shape index (κ2) is 15.7. The van der Waals surface area contributed by atoms with Crippen LogP contribution in [0.3, 0.4) is 0 Å². The summed E-state index contributed by atoms with van der Waals surface area (Å²) in [6.07, 6.45) is -0.0985. The van der Waals surface area contributed by atoms with Gasteiger partial charge >= 0.3 is 23.9 Å². The summed E-state index contributed by atoms with van der Waals surface area (Å²) in [4.78, 5) is 45.6. The van der Waals surface area contributed by atoms with Gasteiger partial charge in [-0.15, -0.1) is 0 Å². The van der Waals surface area contributed by atoms with Gasteiger partial charge in [-0.2, -0.15) is 0 Å². The van der Waals surface area contributed by atoms with E-state index in [0.29, 0.717) is 48.0 Å². The summed E-state index contributed by atoms with van der Waals surface area (Å²) in [6, 6.07) is 9.07. The molecule has 0 N–H and O–H groups in total. The lowest BCUT2D eigenvalue weighted by Crippen LogP contribution is -2.30. The molecule has 234 valence electrons. The molecule has 0 radical (unpaired) electrons. The summed E-state index contributed by atoms with van der Waals surface area (Å²) in [5.74, 6) is -0.385. The topological polar surface area (TPSA) is 142 Å². The fourth-order valence-corrected chi connectivity index (χ4v) is 4.60. The molecule has 3 rings (SSSR count). The number of carbonyl (C=O) groups excluding carboxylic acids is 4. The van der Waals surface area contributed by atoms with Crippen molar-refractivity contribution < 1.29 is 57.1 Å². The maximum atomic E-state index is 11.8. The molecule has 12 nitrogen and oxygen atoms in total. The summed E-state index contributed by atoms with van der Waals surface area (Å²) in [5, 5.41) is 0. The average molecular weight is 603 g/mol. The fourth-order valence-electron chi connectivity index (χ4n) is 4.60. The average Bonchev–Trinajstić information content (AvgIpc) is 3.33. The van der Waals surface area contributed by atoms with E-state index in [-0.39, 0.29) is 31.7 Å². The van der Waals surface area contributed by atoms with Gasteiger partial charge in [-0.25, -0.2) is 0 Å². The Bertz CT molecular complexity index is 1290. The highest BCUT2D eigenvalue weighted by molar-refractivity contribution is 5.67. The largest absolute Gasteiger partial charge is 0.493 e. The third kappa shape index (κ3) is 9.52. The summed E-state index contributed by atoms with van der Waals surface area (Å²) in [5.41, 5.74) is 2.48. The standard InChI is InChI=1S/C31H38O12/c1-18(32)38-11-7-8-22-12-25-26(17-41-21(4)35)30(43-31(25)29(13-22)37-6)23-9-10-27(28(14-23)36-5)42-24(15-39-19(2)33)16-40-20(3)34/h9-10,12-14,24,26,30H,7-8,11,15-17H2,1-6H3/t26-,30-/m1/s1. The molecule has 0 fully saturated rings. The van der Waals surface area contributed by atoms with E-state index in [0.717, 1.165) is 11.1 Å². The van der Waals surface area contributed by atoms with Crippen molar-refractivity contribution in [1.29, 1.82) is 0 Å². The SMILES string of the molecule is COc1cc([C@H]2Oc3c(OC)cc(CCCOC(C)=O)cc3[C@H]2COC(C)=O)ccc1OC(COC(C)=O)COC(C)=O. The van der Waals surface area contributed by atoms with Crippen molar-refractivity contribution in [3.63, 3.8) is 0 Å². The molecule has 0 bridgehead atoms. The van der Waals surface area contributed by atoms with Crippen molar-refractivity contribution in [1.82, 2.24) is 0 Å². The van der Waals surface area contributed by atoms with Gasteiger partial charge in [0.05, 0.1) is 26.7 Å². The normalized spacial score (nSPS) is 15.1. The van der Waals surface area contributed by atoms with Crippen LogP contribution in [0.4, 0.5) is 0 Å². The quantitative estimate of drug-likeness (QED) is 0.166. The van der Waals surface area contributed by atoms with E-state index >= 15 is 0 Å². The maximum absolute atomic E-state index is 11.8. The van der Waals surface area contributed by atoms with E-state index < -0.39 is 30.1 Å². The molecule has 2 aromatic rings. The van der Waals surface area contributed by atoms with Crippen molar-refractivity contribution in [2.45, 2.75) is 58.7 Å². The summed E-state index contributed by atoms with van der Waals surface area (Å²) in [6.45, 7) is 5.32. The minimum Gasteiger partial charge on any atom is -0.493 e. The van der Waals surface area contributed by atoms with Crippen LogP contribution < -0.4 is 18.9 Å². The molecular weight excluding hydrogens is 564 g/mol. The Balaban J connectivity index is 1.91. The predicted molar refractivity (Wildman–Crippen MR) is 151 cm³/mol. The number of fused-ring (bicyclic) bond motifs is 1. The Kier molecular flexibility index (Phi) is 12.0. The van der Waals surface area contributed by atoms with Crippen LogP contribution in [0.5, 0.6) is 23.0 Å². The van der Waals surface area contributed by atoms with Gasteiger partial charge in [0.25, 0.3) is 0 Å². The Hall–Kier alpha value is -4.48. The van der Waals surface area contributed by atoms with Crippen molar-refractivity contribution in [2.75, 3.05) is 40.6 Å². The van der Waals surface area contributed by atoms with Gasteiger partial charge in [-0.1, -0.05) is 12.1 Å². The van der Waals surface area contributed by atoms with E-state index in [1.807, 2.05) is 12.1 Å². The van der Waals surface area contributed by atoms with E-state index in [2.05, 4.69) is 0 Å². The molecular formula is C31H38O12. The molecule has 0 unspecified atom stereocenters. The van der Waals surface area contributed by atoms with Gasteiger partial charge in [0.2, 0.25) is 0 Å². The molecule has 2 aromatic carbocycles. The summed E-state index contributed by atoms with van der Waals surface area (Å²) >= 11 is 0. The second-order valence-corrected chi connectivity index (χ2v) is 9.86. The van der Waals surface area contributed by atoms with Gasteiger partial charge in [-0.3, -0.25) is 19.2 Å². The molecule has 2 atom stereocenters. The van der Waals surface area contributed by atoms with Crippen LogP contribution in [0.15, 0.2) is 30.3 Å². The fraction of sp³-hybridized carbons (Fsp3) is 0.484. The lowest BCUT2D eigenvalue weighted by Gasteiger charge is -2.23. The molecule has 0 saturated carbocycles. The first-order chi connectivity index (χ1) is 20.5. The molecule has 1 aliphatic rings. The minimum absolute atomic E-state index is 0.0560. The van der Waals surface area contributed by atoms with Gasteiger partial charge in [0.15, 0.2) is 29.1 Å². The lowest BCUT2D eigenvalue weighted by atomic mass is 9.90. The molecule has 1 heterocycles. The zero-order valence-electron chi connectivity index (χ0n) is 25.3. The predicted octanol–water partition coefficient (Wildman–Crippen LogP) is 3.85. The number of methoxy groups -OCH3 is 2. The zero-order valence-corrected chi connectivity index (χ0v) is 25.3. The summed E-state index contributed by atoms with van der Waals surface area (Å²) < 4.78 is 44.3. The van der Waals surface area contributed by atoms with Crippen LogP contribution >= 0.6 is 0 Å². The number of hydrogen-bond donors (Lipinski definition) is 0. The number of rotatable bonds is 15. The van der Waals surface area contributed by atoms with Crippen LogP contribution in [-0.2, 0) is 44.5 Å². The Morgan fingerprint density at radius 1 is 0.767 bits per heavy atom. The first kappa shape index (κ1) is 33.0. The Labute approximate surface area is 250 Å². The van der Waals surface area contributed by atoms with Crippen molar-refractivity contribution >= 4 is 23.9 Å². The van der Waals surface area contributed by atoms with Gasteiger partial charge in [0, 0.05) is 33.3 Å². The molecule has 0 aromatic heterocycles. The van der Waals surface area contributed by atoms with Crippen LogP contribution in [-0.4, -0.2) is 70.6 Å². The first-order valence-electron chi connectivity index (χ1n) is 13.8. The van der Waals surface area contributed by atoms with Crippen LogP contribution in [0.2, 0.25) is 0 Å². The number of aryl methyl sites for hydroxylation is 1. The van der Waals surface area contributed by atoms with Crippen LogP contribution in [0, 0.1) is 0 Å². The van der Waals surface area contributed by atoms with Gasteiger partial charge in [-0.05, 0) is 42.2 Å². The molecule has 0 amide bonds. The molecule has 0 spiro atoms. The lowest BCUT2D eigenvalue weighted by molar-refractivity contribution is -0.148. The Morgan fingerprint density at radius 2 is 1.40 bits per heavy atom. The molecule has 0 aliphatic carbocycles. The number of carbonyl (C=O) groups is 4. The van der Waals surface area contributed by atoms with E-state index in [1.165, 1.54) is 34.8 Å². The highest BCUT2D eigenvalue weighted by Gasteiger charge is 2.39. The van der Waals surface area contributed by atoms with Crippen LogP contribution in [0.1, 0.15) is 62.8 Å². The highest BCUT2D eigenvalue weighted by atomic mass is 16.6. The smallest absolute Gasteiger partial charge is 0.302 e. The second-order valence-electron chi connectivity index (χ2n) is 9.86. The van der Waals surface area contributed by atoms with Crippen molar-refractivity contribution in [2.24, 2.45) is 0 Å².